The van der Waals surface area contributed by atoms with Gasteiger partial charge in [-0.2, -0.15) is 10.2 Å². The van der Waals surface area contributed by atoms with Crippen LogP contribution in [-0.4, -0.2) is 72.9 Å². The molecule has 8 aromatic rings. The Morgan fingerprint density at radius 1 is 0.597 bits per heavy atom. The number of anilines is 3. The van der Waals surface area contributed by atoms with Crippen LogP contribution in [0.1, 0.15) is 27.7 Å². The number of aryl methyl sites for hydroxylation is 2. The van der Waals surface area contributed by atoms with Crippen LogP contribution in [0.25, 0.3) is 11.1 Å². The summed E-state index contributed by atoms with van der Waals surface area (Å²) in [7, 11) is 3.33. The maximum atomic E-state index is 13.8. The van der Waals surface area contributed by atoms with Crippen LogP contribution in [0.15, 0.2) is 98.8 Å². The molecule has 1 saturated heterocycles. The van der Waals surface area contributed by atoms with E-state index in [0.29, 0.717) is 25.9 Å². The van der Waals surface area contributed by atoms with Crippen molar-refractivity contribution in [3.05, 3.63) is 146 Å². The lowest BCUT2D eigenvalue weighted by Gasteiger charge is -2.32. The summed E-state index contributed by atoms with van der Waals surface area (Å²) in [5, 5.41) is 17.2. The minimum atomic E-state index is -0.918. The van der Waals surface area contributed by atoms with Crippen molar-refractivity contribution in [1.82, 2.24) is 49.5 Å². The van der Waals surface area contributed by atoms with Crippen LogP contribution < -0.4 is 32.1 Å². The van der Waals surface area contributed by atoms with Crippen LogP contribution in [0.4, 0.5) is 43.4 Å². The number of ether oxygens (including phenoxy) is 2. The second-order valence-electron chi connectivity index (χ2n) is 15.7. The number of halogens is 9. The summed E-state index contributed by atoms with van der Waals surface area (Å²) in [6.45, 7) is 8.18. The molecule has 1 fully saturated rings. The summed E-state index contributed by atoms with van der Waals surface area (Å²) in [5.74, 6) is -5.85. The van der Waals surface area contributed by atoms with E-state index < -0.39 is 40.7 Å². The van der Waals surface area contributed by atoms with Gasteiger partial charge < -0.3 is 41.1 Å². The number of phenolic OH excluding ortho intramolecular Hbond substituents is 1. The lowest BCUT2D eigenvalue weighted by molar-refractivity contribution is 0.00578. The van der Waals surface area contributed by atoms with E-state index in [1.54, 1.807) is 41.2 Å². The molecule has 72 heavy (non-hydrogen) atoms. The first-order valence-corrected chi connectivity index (χ1v) is 22.9. The van der Waals surface area contributed by atoms with Crippen molar-refractivity contribution in [2.45, 2.75) is 38.9 Å². The van der Waals surface area contributed by atoms with Crippen molar-refractivity contribution in [2.24, 2.45) is 14.1 Å². The van der Waals surface area contributed by atoms with E-state index >= 15 is 0 Å². The number of aromatic nitrogens is 10. The predicted octanol–water partition coefficient (Wildman–Crippen LogP) is 8.97. The normalized spacial score (nSPS) is 13.0. The lowest BCUT2D eigenvalue weighted by atomic mass is 9.82. The molecule has 0 unspecified atom stereocenters. The predicted molar refractivity (Wildman–Crippen MR) is 272 cm³/mol. The summed E-state index contributed by atoms with van der Waals surface area (Å²) < 4.78 is 106. The highest BCUT2D eigenvalue weighted by molar-refractivity contribution is 14.1. The number of rotatable bonds is 6. The molecule has 9 rings (SSSR count). The van der Waals surface area contributed by atoms with Gasteiger partial charge in [-0.1, -0.05) is 11.6 Å². The molecule has 0 saturated carbocycles. The standard InChI is InChI=1S/C14H11F2N5O.C10H17BN2O2.C10H6F2IN3O.C6H5F2NO.C4H2ClIN2/c1-21-6-8(4-20-21)9-5-18-7-19-14(9)22-13-3-10(15)12(17)2-11(13)16;1-9(2)10(3,4)15-11(14-9)8-6-12-13(5)7-8;11-5-2-9(6(12)1-8(5)14)17-10-7(13)3-15-4-16-10;7-3-2-6(10)4(8)1-5(3)9;5-4-3(6)1-7-2-8-4/h2-7H,17H2,1H3;6-7H,1-5H3;1-4H,14H2;1-2,10H,9H2;1-2H. The van der Waals surface area contributed by atoms with Gasteiger partial charge in [-0.25, -0.2) is 56.2 Å². The second-order valence-corrected chi connectivity index (χ2v) is 18.3. The third-order valence-electron chi connectivity index (χ3n) is 9.78. The number of hydrogen-bond acceptors (Lipinski definition) is 16. The third kappa shape index (κ3) is 15.2. The fourth-order valence-electron chi connectivity index (χ4n) is 5.38. The Morgan fingerprint density at radius 2 is 1.06 bits per heavy atom. The molecule has 6 heterocycles. The first kappa shape index (κ1) is 56.4. The van der Waals surface area contributed by atoms with E-state index in [-0.39, 0.29) is 58.6 Å². The Kier molecular flexibility index (Phi) is 19.3. The summed E-state index contributed by atoms with van der Waals surface area (Å²) in [6.07, 6.45) is 15.6. The molecule has 1 aliphatic heterocycles. The molecule has 0 atom stereocenters. The van der Waals surface area contributed by atoms with Crippen LogP contribution in [0.2, 0.25) is 5.15 Å². The number of nitrogen functional groups attached to an aromatic ring is 3. The van der Waals surface area contributed by atoms with Gasteiger partial charge in [0.1, 0.15) is 41.6 Å². The molecule has 0 radical (unpaired) electrons. The first-order chi connectivity index (χ1) is 33.8. The van der Waals surface area contributed by atoms with Crippen molar-refractivity contribution in [1.29, 1.82) is 0 Å². The molecule has 28 heteroatoms. The van der Waals surface area contributed by atoms with E-state index in [1.165, 1.54) is 31.4 Å². The van der Waals surface area contributed by atoms with Crippen molar-refractivity contribution >= 4 is 86.4 Å². The van der Waals surface area contributed by atoms with Gasteiger partial charge in [-0.05, 0) is 72.9 Å². The van der Waals surface area contributed by atoms with Crippen LogP contribution in [-0.2, 0) is 23.4 Å². The average molecular weight is 1250 g/mol. The summed E-state index contributed by atoms with van der Waals surface area (Å²) in [5.41, 5.74) is 16.2. The number of aromatic hydroxyl groups is 1. The molecule has 378 valence electrons. The van der Waals surface area contributed by atoms with E-state index in [1.807, 2.05) is 63.5 Å². The zero-order chi connectivity index (χ0) is 53.1. The fraction of sp³-hybridized carbons (Fsp3) is 0.182. The topological polar surface area (TPSA) is 248 Å². The van der Waals surface area contributed by atoms with Gasteiger partial charge in [0, 0.05) is 98.7 Å². The molecule has 7 N–H and O–H groups in total. The molecule has 0 aliphatic carbocycles. The van der Waals surface area contributed by atoms with E-state index in [0.717, 1.165) is 39.4 Å². The van der Waals surface area contributed by atoms with Gasteiger partial charge >= 0.3 is 7.12 Å². The molecular formula is C44H41BClF6I2N13O5. The molecule has 0 amide bonds. The molecule has 0 spiro atoms. The van der Waals surface area contributed by atoms with Gasteiger partial charge in [0.25, 0.3) is 0 Å². The second kappa shape index (κ2) is 24.7. The maximum Gasteiger partial charge on any atom is 0.498 e. The van der Waals surface area contributed by atoms with Crippen LogP contribution in [0.5, 0.6) is 29.0 Å². The van der Waals surface area contributed by atoms with Crippen molar-refractivity contribution in [3.63, 3.8) is 0 Å². The van der Waals surface area contributed by atoms with Crippen LogP contribution in [0.3, 0.4) is 0 Å². The highest BCUT2D eigenvalue weighted by Gasteiger charge is 2.52. The largest absolute Gasteiger partial charge is 0.505 e. The summed E-state index contributed by atoms with van der Waals surface area (Å²) >= 11 is 9.54. The van der Waals surface area contributed by atoms with E-state index in [4.69, 9.17) is 52.7 Å². The van der Waals surface area contributed by atoms with Gasteiger partial charge in [-0.3, -0.25) is 9.36 Å². The molecule has 5 aromatic heterocycles. The number of phenols is 1. The molecule has 1 aliphatic rings. The molecule has 18 nitrogen and oxygen atoms in total. The Bertz CT molecular complexity index is 3060. The highest BCUT2D eigenvalue weighted by Crippen LogP contribution is 2.37. The molecule has 0 bridgehead atoms. The Morgan fingerprint density at radius 3 is 1.51 bits per heavy atom. The maximum absolute atomic E-state index is 13.8. The van der Waals surface area contributed by atoms with Gasteiger partial charge in [0.2, 0.25) is 11.8 Å². The van der Waals surface area contributed by atoms with E-state index in [2.05, 4.69) is 62.7 Å². The SMILES string of the molecule is Clc1ncncc1I.Cn1cc(-c2cncnc2Oc2cc(F)c(N)cc2F)cn1.Cn1cc(B2OC(C)(C)C(C)(C)O2)cn1.Nc1cc(F)c(O)cc1F.Nc1cc(F)c(Oc2ncncc2I)cc1F. The zero-order valence-corrected chi connectivity index (χ0v) is 43.6. The monoisotopic (exact) mass is 1250 g/mol. The number of nitrogens with two attached hydrogens (primary N) is 3. The Hall–Kier alpha value is -6.57. The third-order valence-corrected chi connectivity index (χ3v) is 11.9. The van der Waals surface area contributed by atoms with Gasteiger partial charge in [-0.15, -0.1) is 0 Å². The smallest absolute Gasteiger partial charge is 0.498 e. The fourth-order valence-corrected chi connectivity index (χ4v) is 6.18. The van der Waals surface area contributed by atoms with Crippen molar-refractivity contribution < 1.29 is 50.2 Å². The summed E-state index contributed by atoms with van der Waals surface area (Å²) in [6, 6.07) is 4.83. The molecular weight excluding hydrogens is 1200 g/mol. The van der Waals surface area contributed by atoms with Crippen LogP contribution >= 0.6 is 56.8 Å². The van der Waals surface area contributed by atoms with Crippen molar-refractivity contribution in [2.75, 3.05) is 17.2 Å². The minimum absolute atomic E-state index is 0.0890. The summed E-state index contributed by atoms with van der Waals surface area (Å²) in [4.78, 5) is 22.9. The lowest BCUT2D eigenvalue weighted by Crippen LogP contribution is -2.41. The van der Waals surface area contributed by atoms with Gasteiger partial charge in [0.05, 0.1) is 47.2 Å². The van der Waals surface area contributed by atoms with Crippen LogP contribution in [0, 0.1) is 42.0 Å². The number of hydrogen-bond donors (Lipinski definition) is 4. The molecule has 3 aromatic carbocycles. The Balaban J connectivity index is 0.000000174. The Labute approximate surface area is 439 Å². The van der Waals surface area contributed by atoms with E-state index in [9.17, 15) is 26.3 Å². The minimum Gasteiger partial charge on any atom is -0.505 e. The highest BCUT2D eigenvalue weighted by atomic mass is 127. The number of nitrogens with zero attached hydrogens (tertiary/aromatic N) is 10. The number of benzene rings is 3. The average Bonchev–Trinajstić information content (AvgIpc) is 4.02. The van der Waals surface area contributed by atoms with Crippen molar-refractivity contribution in [3.8, 4) is 40.1 Å². The zero-order valence-electron chi connectivity index (χ0n) is 38.5. The first-order valence-electron chi connectivity index (χ1n) is 20.3. The quantitative estimate of drug-likeness (QED) is 0.0303. The van der Waals surface area contributed by atoms with Gasteiger partial charge in [0.15, 0.2) is 34.7 Å².